The third-order valence-corrected chi connectivity index (χ3v) is 5.28. The van der Waals surface area contributed by atoms with Crippen molar-refractivity contribution in [3.8, 4) is 5.75 Å². The maximum Gasteiger partial charge on any atom is 0.534 e. The minimum absolute atomic E-state index is 0.0269. The Bertz CT molecular complexity index is 1220. The Balaban J connectivity index is 2.99. The van der Waals surface area contributed by atoms with Crippen LogP contribution in [0, 0.1) is 12.7 Å². The van der Waals surface area contributed by atoms with E-state index in [9.17, 15) is 40.7 Å². The number of nitrogens with one attached hydrogen (secondary N) is 1. The van der Waals surface area contributed by atoms with E-state index >= 15 is 0 Å². The summed E-state index contributed by atoms with van der Waals surface area (Å²) in [7, 11) is -5.05. The van der Waals surface area contributed by atoms with E-state index in [1.54, 1.807) is 0 Å². The van der Waals surface area contributed by atoms with Crippen LogP contribution in [-0.4, -0.2) is 43.6 Å². The number of hydrogen-bond acceptors (Lipinski definition) is 6. The summed E-state index contributed by atoms with van der Waals surface area (Å²) in [6.07, 6.45) is -1.96. The minimum Gasteiger partial charge on any atom is -0.479 e. The van der Waals surface area contributed by atoms with Crippen LogP contribution >= 0.6 is 0 Å². The third-order valence-electron chi connectivity index (χ3n) is 4.33. The predicted octanol–water partition coefficient (Wildman–Crippen LogP) is 3.82. The maximum absolute atomic E-state index is 14.6. The van der Waals surface area contributed by atoms with Gasteiger partial charge >= 0.3 is 21.6 Å². The van der Waals surface area contributed by atoms with Crippen LogP contribution in [0.4, 0.5) is 17.6 Å². The molecule has 2 rings (SSSR count). The van der Waals surface area contributed by atoms with Gasteiger partial charge in [0, 0.05) is 18.0 Å². The molecule has 182 valence electrons. The highest BCUT2D eigenvalue weighted by atomic mass is 32.2. The van der Waals surface area contributed by atoms with Gasteiger partial charge in [0.2, 0.25) is 0 Å². The van der Waals surface area contributed by atoms with Crippen molar-refractivity contribution in [1.82, 2.24) is 5.32 Å². The van der Waals surface area contributed by atoms with E-state index in [1.807, 2.05) is 0 Å². The van der Waals surface area contributed by atoms with Gasteiger partial charge < -0.3 is 19.3 Å². The molecule has 0 heterocycles. The van der Waals surface area contributed by atoms with Crippen LogP contribution in [0.15, 0.2) is 18.2 Å². The number of hydrogen-bond donors (Lipinski definition) is 2. The monoisotopic (exact) mass is 495 g/mol. The van der Waals surface area contributed by atoms with Crippen LogP contribution in [0.3, 0.4) is 0 Å². The maximum atomic E-state index is 14.6. The fourth-order valence-corrected chi connectivity index (χ4v) is 3.50. The van der Waals surface area contributed by atoms with Gasteiger partial charge in [0.05, 0.1) is 11.2 Å². The van der Waals surface area contributed by atoms with E-state index in [0.29, 0.717) is 6.07 Å². The Morgan fingerprint density at radius 2 is 1.70 bits per heavy atom. The van der Waals surface area contributed by atoms with E-state index in [-0.39, 0.29) is 10.9 Å². The van der Waals surface area contributed by atoms with Crippen LogP contribution < -0.4 is 9.50 Å². The van der Waals surface area contributed by atoms with Crippen molar-refractivity contribution in [2.75, 3.05) is 7.05 Å². The number of carboxylic acid groups (broad SMARTS) is 1. The zero-order valence-corrected chi connectivity index (χ0v) is 18.9. The summed E-state index contributed by atoms with van der Waals surface area (Å²) >= 11 is 0. The summed E-state index contributed by atoms with van der Waals surface area (Å²) < 4.78 is 87.3. The van der Waals surface area contributed by atoms with Crippen molar-refractivity contribution in [2.24, 2.45) is 0 Å². The van der Waals surface area contributed by atoms with Crippen molar-refractivity contribution in [3.05, 3.63) is 40.7 Å². The Morgan fingerprint density at radius 1 is 1.12 bits per heavy atom. The highest BCUT2D eigenvalue weighted by molar-refractivity contribution is 7.88. The average molecular weight is 495 g/mol. The first-order valence-corrected chi connectivity index (χ1v) is 10.7. The molecule has 0 radical (unpaired) electrons. The van der Waals surface area contributed by atoms with E-state index in [2.05, 4.69) is 9.50 Å². The molecule has 0 fully saturated rings. The van der Waals surface area contributed by atoms with E-state index < -0.39 is 67.3 Å². The van der Waals surface area contributed by atoms with E-state index in [1.165, 1.54) is 40.8 Å². The van der Waals surface area contributed by atoms with Gasteiger partial charge in [0.25, 0.3) is 5.91 Å². The molecular weight excluding hydrogens is 474 g/mol. The molecule has 0 spiro atoms. The lowest BCUT2D eigenvalue weighted by Crippen LogP contribution is -2.31. The summed E-state index contributed by atoms with van der Waals surface area (Å²) in [6, 6.07) is 2.83. The van der Waals surface area contributed by atoms with Gasteiger partial charge in [-0.2, -0.15) is 21.6 Å². The number of alkyl halides is 3. The van der Waals surface area contributed by atoms with Gasteiger partial charge in [-0.05, 0) is 50.8 Å². The second-order valence-electron chi connectivity index (χ2n) is 8.00. The van der Waals surface area contributed by atoms with Gasteiger partial charge in [-0.1, -0.05) is 6.07 Å². The molecule has 0 aliphatic carbocycles. The molecule has 0 aliphatic heterocycles. The quantitative estimate of drug-likeness (QED) is 0.355. The molecule has 2 N–H and O–H groups in total. The molecular formula is C20H21F4NO7S. The molecule has 0 saturated carbocycles. The normalized spacial score (nSPS) is 13.6. The van der Waals surface area contributed by atoms with Crippen LogP contribution in [0.1, 0.15) is 48.4 Å². The number of ether oxygens (including phenoxy) is 1. The molecule has 0 aliphatic rings. The van der Waals surface area contributed by atoms with Crippen molar-refractivity contribution >= 4 is 32.8 Å². The minimum atomic E-state index is -6.28. The molecule has 8 nitrogen and oxygen atoms in total. The lowest BCUT2D eigenvalue weighted by atomic mass is 9.94. The molecule has 2 aromatic rings. The standard InChI is InChI=1S/C20H21F4NO7S/c1-9-6-10-7-12(17(26)25-5)13(21)8-11(10)15(32-33(29,30)20(22,23)24)14(9)16(18(27)28)31-19(2,3)4/h6-8,16H,1-5H3,(H,25,26)(H,27,28)/t16-/m0/s1. The van der Waals surface area contributed by atoms with Gasteiger partial charge in [0.1, 0.15) is 5.82 Å². The zero-order valence-electron chi connectivity index (χ0n) is 18.1. The van der Waals surface area contributed by atoms with Crippen molar-refractivity contribution in [1.29, 1.82) is 0 Å². The molecule has 0 aromatic heterocycles. The number of rotatable bonds is 6. The second kappa shape index (κ2) is 8.78. The smallest absolute Gasteiger partial charge is 0.479 e. The second-order valence-corrected chi connectivity index (χ2v) is 9.54. The average Bonchev–Trinajstić information content (AvgIpc) is 2.64. The number of aliphatic carboxylic acids is 1. The summed E-state index contributed by atoms with van der Waals surface area (Å²) in [5, 5.41) is 11.3. The Kier molecular flexibility index (Phi) is 7.01. The highest BCUT2D eigenvalue weighted by Gasteiger charge is 2.49. The first kappa shape index (κ1) is 26.3. The van der Waals surface area contributed by atoms with Crippen molar-refractivity contribution in [3.63, 3.8) is 0 Å². The molecule has 13 heteroatoms. The van der Waals surface area contributed by atoms with Gasteiger partial charge in [-0.15, -0.1) is 0 Å². The molecule has 0 unspecified atom stereocenters. The zero-order chi connectivity index (χ0) is 25.5. The van der Waals surface area contributed by atoms with Crippen LogP contribution in [-0.2, 0) is 19.6 Å². The predicted molar refractivity (Wildman–Crippen MR) is 109 cm³/mol. The summed E-state index contributed by atoms with van der Waals surface area (Å²) in [5.41, 5.74) is -8.03. The van der Waals surface area contributed by atoms with Crippen LogP contribution in [0.5, 0.6) is 5.75 Å². The fourth-order valence-electron chi connectivity index (χ4n) is 3.01. The number of halogens is 4. The Morgan fingerprint density at radius 3 is 2.15 bits per heavy atom. The first-order valence-electron chi connectivity index (χ1n) is 9.30. The number of aryl methyl sites for hydroxylation is 1. The van der Waals surface area contributed by atoms with Crippen molar-refractivity contribution in [2.45, 2.75) is 44.9 Å². The number of benzene rings is 2. The van der Waals surface area contributed by atoms with Gasteiger partial charge in [-0.25, -0.2) is 9.18 Å². The Labute approximate surface area is 186 Å². The largest absolute Gasteiger partial charge is 0.534 e. The number of carbonyl (C=O) groups is 2. The number of carbonyl (C=O) groups excluding carboxylic acids is 1. The Hall–Kier alpha value is -2.93. The third kappa shape index (κ3) is 5.53. The lowest BCUT2D eigenvalue weighted by Gasteiger charge is -2.28. The molecule has 2 aromatic carbocycles. The summed E-state index contributed by atoms with van der Waals surface area (Å²) in [4.78, 5) is 23.9. The first-order chi connectivity index (χ1) is 14.9. The summed E-state index contributed by atoms with van der Waals surface area (Å²) in [5.74, 6) is -4.76. The number of carboxylic acids is 1. The van der Waals surface area contributed by atoms with Crippen LogP contribution in [0.25, 0.3) is 10.8 Å². The van der Waals surface area contributed by atoms with Crippen molar-refractivity contribution < 1.29 is 49.6 Å². The molecule has 1 atom stereocenters. The SMILES string of the molecule is CNC(=O)c1cc2cc(C)c([C@H](OC(C)(C)C)C(=O)O)c(OS(=O)(=O)C(F)(F)F)c2cc1F. The lowest BCUT2D eigenvalue weighted by molar-refractivity contribution is -0.160. The molecule has 1 amide bonds. The molecule has 0 saturated heterocycles. The van der Waals surface area contributed by atoms with Crippen LogP contribution in [0.2, 0.25) is 0 Å². The highest BCUT2D eigenvalue weighted by Crippen LogP contribution is 2.42. The fraction of sp³-hybridized carbons (Fsp3) is 0.400. The van der Waals surface area contributed by atoms with Gasteiger partial charge in [0.15, 0.2) is 11.9 Å². The van der Waals surface area contributed by atoms with Gasteiger partial charge in [-0.3, -0.25) is 4.79 Å². The molecule has 0 bridgehead atoms. The topological polar surface area (TPSA) is 119 Å². The molecule has 33 heavy (non-hydrogen) atoms. The number of amides is 1. The van der Waals surface area contributed by atoms with E-state index in [4.69, 9.17) is 4.74 Å². The summed E-state index contributed by atoms with van der Waals surface area (Å²) in [6.45, 7) is 5.71. The van der Waals surface area contributed by atoms with E-state index in [0.717, 1.165) is 6.07 Å². The number of fused-ring (bicyclic) bond motifs is 1.